The van der Waals surface area contributed by atoms with Crippen molar-refractivity contribution in [2.24, 2.45) is 0 Å². The molecule has 0 aliphatic carbocycles. The van der Waals surface area contributed by atoms with Gasteiger partial charge in [0.25, 0.3) is 5.69 Å². The Morgan fingerprint density at radius 2 is 1.95 bits per heavy atom. The summed E-state index contributed by atoms with van der Waals surface area (Å²) in [5, 5.41) is 11.0. The summed E-state index contributed by atoms with van der Waals surface area (Å²) >= 11 is 5.84. The van der Waals surface area contributed by atoms with Crippen molar-refractivity contribution in [1.82, 2.24) is 9.88 Å². The highest BCUT2D eigenvalue weighted by atomic mass is 35.5. The van der Waals surface area contributed by atoms with Crippen LogP contribution in [0.2, 0.25) is 5.15 Å². The third-order valence-corrected chi connectivity index (χ3v) is 3.54. The predicted octanol–water partition coefficient (Wildman–Crippen LogP) is 2.17. The van der Waals surface area contributed by atoms with Crippen molar-refractivity contribution >= 4 is 23.1 Å². The van der Waals surface area contributed by atoms with Gasteiger partial charge < -0.3 is 4.90 Å². The Morgan fingerprint density at radius 3 is 2.47 bits per heavy atom. The molecule has 1 aromatic heterocycles. The number of rotatable bonds is 3. The Balaban J connectivity index is 2.13. The number of aromatic nitrogens is 1. The van der Waals surface area contributed by atoms with Gasteiger partial charge in [-0.2, -0.15) is 0 Å². The second-order valence-electron chi connectivity index (χ2n) is 4.88. The summed E-state index contributed by atoms with van der Waals surface area (Å²) in [6, 6.07) is 3.27. The number of nitrogens with zero attached hydrogens (tertiary/aromatic N) is 4. The van der Waals surface area contributed by atoms with Gasteiger partial charge in [-0.25, -0.2) is 4.98 Å². The lowest BCUT2D eigenvalue weighted by Gasteiger charge is -2.37. The van der Waals surface area contributed by atoms with Gasteiger partial charge in [-0.15, -0.1) is 0 Å². The highest BCUT2D eigenvalue weighted by molar-refractivity contribution is 6.29. The van der Waals surface area contributed by atoms with Crippen molar-refractivity contribution in [1.29, 1.82) is 0 Å². The van der Waals surface area contributed by atoms with Crippen LogP contribution in [-0.2, 0) is 0 Å². The van der Waals surface area contributed by atoms with Gasteiger partial charge in [0.15, 0.2) is 0 Å². The Kier molecular flexibility index (Phi) is 4.21. The molecule has 0 spiro atoms. The normalized spacial score (nSPS) is 16.9. The van der Waals surface area contributed by atoms with E-state index in [-0.39, 0.29) is 10.8 Å². The van der Waals surface area contributed by atoms with E-state index >= 15 is 0 Å². The molecular weight excluding hydrogens is 268 g/mol. The predicted molar refractivity (Wildman–Crippen MR) is 74.8 cm³/mol. The van der Waals surface area contributed by atoms with Crippen LogP contribution in [0.15, 0.2) is 12.1 Å². The number of halogens is 1. The number of hydrogen-bond acceptors (Lipinski definition) is 5. The van der Waals surface area contributed by atoms with Crippen LogP contribution in [0.25, 0.3) is 0 Å². The number of nitro groups is 1. The van der Waals surface area contributed by atoms with E-state index < -0.39 is 4.92 Å². The maximum Gasteiger partial charge on any atom is 0.276 e. The summed E-state index contributed by atoms with van der Waals surface area (Å²) in [7, 11) is 0. The molecule has 1 aliphatic rings. The van der Waals surface area contributed by atoms with E-state index in [9.17, 15) is 10.1 Å². The van der Waals surface area contributed by atoms with Crippen LogP contribution in [0.3, 0.4) is 0 Å². The van der Waals surface area contributed by atoms with E-state index in [1.807, 2.05) is 4.90 Å². The molecule has 104 valence electrons. The molecule has 0 N–H and O–H groups in total. The smallest absolute Gasteiger partial charge is 0.276 e. The van der Waals surface area contributed by atoms with E-state index in [1.54, 1.807) is 0 Å². The van der Waals surface area contributed by atoms with Crippen LogP contribution in [0, 0.1) is 10.1 Å². The van der Waals surface area contributed by atoms with Crippen molar-refractivity contribution in [2.75, 3.05) is 31.1 Å². The van der Waals surface area contributed by atoms with E-state index in [0.29, 0.717) is 11.9 Å². The van der Waals surface area contributed by atoms with Gasteiger partial charge in [-0.05, 0) is 13.8 Å². The molecule has 19 heavy (non-hydrogen) atoms. The average molecular weight is 285 g/mol. The third kappa shape index (κ3) is 3.33. The minimum atomic E-state index is -0.443. The van der Waals surface area contributed by atoms with Crippen molar-refractivity contribution in [3.63, 3.8) is 0 Å². The lowest BCUT2D eigenvalue weighted by Crippen LogP contribution is -2.49. The summed E-state index contributed by atoms with van der Waals surface area (Å²) in [5.74, 6) is 0.586. The molecule has 2 rings (SSSR count). The molecule has 0 unspecified atom stereocenters. The quantitative estimate of drug-likeness (QED) is 0.484. The minimum Gasteiger partial charge on any atom is -0.354 e. The molecule has 0 radical (unpaired) electrons. The molecule has 0 aromatic carbocycles. The van der Waals surface area contributed by atoms with Crippen LogP contribution in [0.5, 0.6) is 0 Å². The molecule has 2 heterocycles. The molecule has 7 heteroatoms. The fourth-order valence-corrected chi connectivity index (χ4v) is 2.40. The lowest BCUT2D eigenvalue weighted by atomic mass is 10.2. The minimum absolute atomic E-state index is 0.0127. The van der Waals surface area contributed by atoms with Crippen molar-refractivity contribution in [3.05, 3.63) is 27.4 Å². The zero-order chi connectivity index (χ0) is 14.0. The number of piperazine rings is 1. The Bertz CT molecular complexity index is 473. The summed E-state index contributed by atoms with van der Waals surface area (Å²) in [6.45, 7) is 7.81. The summed E-state index contributed by atoms with van der Waals surface area (Å²) in [6.07, 6.45) is 0. The molecule has 0 bridgehead atoms. The zero-order valence-electron chi connectivity index (χ0n) is 11.0. The van der Waals surface area contributed by atoms with Gasteiger partial charge in [0.05, 0.1) is 17.1 Å². The van der Waals surface area contributed by atoms with Gasteiger partial charge in [0, 0.05) is 32.2 Å². The fourth-order valence-electron chi connectivity index (χ4n) is 2.20. The van der Waals surface area contributed by atoms with Gasteiger partial charge in [0.1, 0.15) is 11.0 Å². The maximum atomic E-state index is 10.8. The second-order valence-corrected chi connectivity index (χ2v) is 5.27. The molecule has 6 nitrogen and oxygen atoms in total. The lowest BCUT2D eigenvalue weighted by molar-refractivity contribution is -0.384. The van der Waals surface area contributed by atoms with E-state index in [4.69, 9.17) is 11.6 Å². The fraction of sp³-hybridized carbons (Fsp3) is 0.583. The molecule has 1 aromatic rings. The molecule has 1 saturated heterocycles. The Morgan fingerprint density at radius 1 is 1.32 bits per heavy atom. The molecular formula is C12H17ClN4O2. The zero-order valence-corrected chi connectivity index (χ0v) is 11.8. The summed E-state index contributed by atoms with van der Waals surface area (Å²) in [4.78, 5) is 19.0. The summed E-state index contributed by atoms with van der Waals surface area (Å²) in [5.41, 5.74) is -0.0127. The van der Waals surface area contributed by atoms with Gasteiger partial charge in [-0.3, -0.25) is 15.0 Å². The molecule has 1 aliphatic heterocycles. The van der Waals surface area contributed by atoms with E-state index in [0.717, 1.165) is 26.2 Å². The summed E-state index contributed by atoms with van der Waals surface area (Å²) < 4.78 is 0. The maximum absolute atomic E-state index is 10.8. The number of anilines is 1. The Labute approximate surface area is 117 Å². The highest BCUT2D eigenvalue weighted by Gasteiger charge is 2.21. The topological polar surface area (TPSA) is 62.5 Å². The second kappa shape index (κ2) is 5.71. The largest absolute Gasteiger partial charge is 0.354 e. The molecule has 1 fully saturated rings. The monoisotopic (exact) mass is 284 g/mol. The van der Waals surface area contributed by atoms with E-state index in [2.05, 4.69) is 23.7 Å². The molecule has 0 atom stereocenters. The van der Waals surface area contributed by atoms with Crippen molar-refractivity contribution in [2.45, 2.75) is 19.9 Å². The van der Waals surface area contributed by atoms with Crippen LogP contribution in [-0.4, -0.2) is 47.0 Å². The number of hydrogen-bond donors (Lipinski definition) is 0. The highest BCUT2D eigenvalue weighted by Crippen LogP contribution is 2.24. The Hall–Kier alpha value is -1.40. The third-order valence-electron chi connectivity index (χ3n) is 3.34. The van der Waals surface area contributed by atoms with Crippen LogP contribution >= 0.6 is 11.6 Å². The standard InChI is InChI=1S/C12H17ClN4O2/c1-9(2)15-3-5-16(6-4-15)12-8-10(17(18)19)7-11(13)14-12/h7-9H,3-6H2,1-2H3. The van der Waals surface area contributed by atoms with Crippen LogP contribution in [0.4, 0.5) is 11.5 Å². The van der Waals surface area contributed by atoms with Gasteiger partial charge in [-0.1, -0.05) is 11.6 Å². The van der Waals surface area contributed by atoms with E-state index in [1.165, 1.54) is 12.1 Å². The SMILES string of the molecule is CC(C)N1CCN(c2cc([N+](=O)[O-])cc(Cl)n2)CC1. The first kappa shape index (κ1) is 14.0. The van der Waals surface area contributed by atoms with Crippen molar-refractivity contribution < 1.29 is 4.92 Å². The van der Waals surface area contributed by atoms with Gasteiger partial charge in [0.2, 0.25) is 0 Å². The first-order valence-corrected chi connectivity index (χ1v) is 6.66. The average Bonchev–Trinajstić information content (AvgIpc) is 2.38. The number of pyridine rings is 1. The molecule has 0 amide bonds. The van der Waals surface area contributed by atoms with Crippen molar-refractivity contribution in [3.8, 4) is 0 Å². The van der Waals surface area contributed by atoms with Crippen LogP contribution < -0.4 is 4.90 Å². The first-order chi connectivity index (χ1) is 8.97. The van der Waals surface area contributed by atoms with Crippen LogP contribution in [0.1, 0.15) is 13.8 Å². The molecule has 0 saturated carbocycles. The first-order valence-electron chi connectivity index (χ1n) is 6.28. The van der Waals surface area contributed by atoms with Gasteiger partial charge >= 0.3 is 0 Å².